The van der Waals surface area contributed by atoms with Crippen molar-refractivity contribution < 1.29 is 14.7 Å². The van der Waals surface area contributed by atoms with E-state index >= 15 is 0 Å². The number of aliphatic hydroxyl groups excluding tert-OH is 1. The monoisotopic (exact) mass is 405 g/mol. The summed E-state index contributed by atoms with van der Waals surface area (Å²) in [5, 5.41) is 21.6. The molecule has 2 atom stereocenters. The summed E-state index contributed by atoms with van der Waals surface area (Å²) >= 11 is 5.82. The van der Waals surface area contributed by atoms with Gasteiger partial charge in [0.15, 0.2) is 0 Å². The Morgan fingerprint density at radius 1 is 1.32 bits per heavy atom. The van der Waals surface area contributed by atoms with E-state index in [1.807, 2.05) is 0 Å². The molecule has 2 amide bonds. The predicted octanol–water partition coefficient (Wildman–Crippen LogP) is 0.732. The zero-order valence-electron chi connectivity index (χ0n) is 15.5. The van der Waals surface area contributed by atoms with Gasteiger partial charge in [0, 0.05) is 35.2 Å². The average molecular weight is 406 g/mol. The molecule has 0 radical (unpaired) electrons. The minimum atomic E-state index is -1.02. The summed E-state index contributed by atoms with van der Waals surface area (Å²) in [6.07, 6.45) is 1.14. The number of aliphatic hydroxyl groups is 1. The second kappa shape index (κ2) is 10.0. The first-order chi connectivity index (χ1) is 13.3. The molecular weight excluding hydrogens is 382 g/mol. The lowest BCUT2D eigenvalue weighted by molar-refractivity contribution is -0.122. The molecule has 1 aromatic rings. The van der Waals surface area contributed by atoms with Crippen LogP contribution in [0.15, 0.2) is 60.1 Å². The standard InChI is InChI=1S/C19H24ClN5O3/c1-11-8-23-17(26)7-14(9-22-12(11)2)18(27)24-10-16(21)25-19(28)13-3-5-15(20)6-4-13/h3-6,8-9,16,19,22,25,28H,2,7,10,21H2,1H3,(H,23,26)(H,24,27)/b11-8-,14-9+. The van der Waals surface area contributed by atoms with Gasteiger partial charge < -0.3 is 26.8 Å². The fourth-order valence-corrected chi connectivity index (χ4v) is 2.43. The van der Waals surface area contributed by atoms with Gasteiger partial charge in [0.05, 0.1) is 12.6 Å². The van der Waals surface area contributed by atoms with Crippen LogP contribution in [0.4, 0.5) is 0 Å². The van der Waals surface area contributed by atoms with Gasteiger partial charge in [0.1, 0.15) is 6.23 Å². The molecule has 28 heavy (non-hydrogen) atoms. The van der Waals surface area contributed by atoms with Gasteiger partial charge in [-0.15, -0.1) is 0 Å². The van der Waals surface area contributed by atoms with Crippen molar-refractivity contribution >= 4 is 23.4 Å². The van der Waals surface area contributed by atoms with Crippen LogP contribution in [-0.4, -0.2) is 29.6 Å². The summed E-state index contributed by atoms with van der Waals surface area (Å²) in [5.41, 5.74) is 8.05. The molecule has 0 bridgehead atoms. The van der Waals surface area contributed by atoms with Crippen LogP contribution in [0.5, 0.6) is 0 Å². The van der Waals surface area contributed by atoms with E-state index in [4.69, 9.17) is 17.3 Å². The van der Waals surface area contributed by atoms with Gasteiger partial charge in [-0.2, -0.15) is 0 Å². The van der Waals surface area contributed by atoms with Crippen molar-refractivity contribution in [3.05, 3.63) is 70.7 Å². The first-order valence-electron chi connectivity index (χ1n) is 8.60. The molecule has 8 nitrogen and oxygen atoms in total. The zero-order valence-corrected chi connectivity index (χ0v) is 16.2. The van der Waals surface area contributed by atoms with Crippen LogP contribution in [0.3, 0.4) is 0 Å². The summed E-state index contributed by atoms with van der Waals surface area (Å²) in [6, 6.07) is 6.64. The van der Waals surface area contributed by atoms with Crippen LogP contribution in [0.25, 0.3) is 0 Å². The Hall–Kier alpha value is -2.65. The Kier molecular flexibility index (Phi) is 7.77. The third-order valence-electron chi connectivity index (χ3n) is 4.03. The number of amides is 2. The van der Waals surface area contributed by atoms with E-state index in [1.165, 1.54) is 12.4 Å². The Morgan fingerprint density at radius 2 is 2.00 bits per heavy atom. The van der Waals surface area contributed by atoms with E-state index in [9.17, 15) is 14.7 Å². The second-order valence-electron chi connectivity index (χ2n) is 6.30. The molecule has 0 spiro atoms. The number of rotatable bonds is 6. The molecule has 150 valence electrons. The topological polar surface area (TPSA) is 129 Å². The van der Waals surface area contributed by atoms with Crippen molar-refractivity contribution in [2.45, 2.75) is 25.7 Å². The Balaban J connectivity index is 1.90. The Morgan fingerprint density at radius 3 is 2.68 bits per heavy atom. The van der Waals surface area contributed by atoms with Gasteiger partial charge in [-0.05, 0) is 30.2 Å². The highest BCUT2D eigenvalue weighted by atomic mass is 35.5. The highest BCUT2D eigenvalue weighted by Crippen LogP contribution is 2.14. The van der Waals surface area contributed by atoms with Gasteiger partial charge in [0.25, 0.3) is 0 Å². The molecule has 0 saturated carbocycles. The smallest absolute Gasteiger partial charge is 0.249 e. The molecule has 0 saturated heterocycles. The fourth-order valence-electron chi connectivity index (χ4n) is 2.30. The molecular formula is C19H24ClN5O3. The van der Waals surface area contributed by atoms with E-state index in [1.54, 1.807) is 31.2 Å². The van der Waals surface area contributed by atoms with E-state index in [0.29, 0.717) is 16.3 Å². The van der Waals surface area contributed by atoms with Gasteiger partial charge in [-0.3, -0.25) is 14.9 Å². The zero-order chi connectivity index (χ0) is 20.7. The second-order valence-corrected chi connectivity index (χ2v) is 6.74. The third-order valence-corrected chi connectivity index (χ3v) is 4.28. The quantitative estimate of drug-likeness (QED) is 0.387. The maximum absolute atomic E-state index is 12.4. The molecule has 0 aliphatic carbocycles. The SMILES string of the molecule is C=C1N/C=C(/C(=O)NCC(N)NC(O)c2ccc(Cl)cc2)CC(=O)N/C=C\1C. The number of nitrogens with one attached hydrogen (secondary N) is 4. The molecule has 0 fully saturated rings. The van der Waals surface area contributed by atoms with Crippen LogP contribution >= 0.6 is 11.6 Å². The van der Waals surface area contributed by atoms with Crippen molar-refractivity contribution in [3.8, 4) is 0 Å². The van der Waals surface area contributed by atoms with Gasteiger partial charge >= 0.3 is 0 Å². The molecule has 2 unspecified atom stereocenters. The first-order valence-corrected chi connectivity index (χ1v) is 8.98. The lowest BCUT2D eigenvalue weighted by atomic mass is 10.1. The molecule has 7 N–H and O–H groups in total. The minimum Gasteiger partial charge on any atom is -0.374 e. The average Bonchev–Trinajstić information content (AvgIpc) is 2.72. The molecule has 2 rings (SSSR count). The maximum Gasteiger partial charge on any atom is 0.249 e. The lowest BCUT2D eigenvalue weighted by Gasteiger charge is -2.20. The normalized spacial score (nSPS) is 20.7. The molecule has 0 aromatic heterocycles. The van der Waals surface area contributed by atoms with Gasteiger partial charge in [0.2, 0.25) is 11.8 Å². The van der Waals surface area contributed by atoms with E-state index in [0.717, 1.165) is 5.57 Å². The number of carbonyl (C=O) groups excluding carboxylic acids is 2. The van der Waals surface area contributed by atoms with Crippen molar-refractivity contribution in [3.63, 3.8) is 0 Å². The highest BCUT2D eigenvalue weighted by Gasteiger charge is 2.17. The summed E-state index contributed by atoms with van der Waals surface area (Å²) in [7, 11) is 0. The largest absolute Gasteiger partial charge is 0.374 e. The predicted molar refractivity (Wildman–Crippen MR) is 107 cm³/mol. The fraction of sp³-hybridized carbons (Fsp3) is 0.263. The van der Waals surface area contributed by atoms with E-state index in [2.05, 4.69) is 27.8 Å². The summed E-state index contributed by atoms with van der Waals surface area (Å²) in [5.74, 6) is -0.772. The van der Waals surface area contributed by atoms with Crippen LogP contribution in [0.1, 0.15) is 25.1 Å². The van der Waals surface area contributed by atoms with Crippen LogP contribution in [-0.2, 0) is 9.59 Å². The summed E-state index contributed by atoms with van der Waals surface area (Å²) < 4.78 is 0. The number of hydrogen-bond donors (Lipinski definition) is 6. The molecule has 1 heterocycles. The van der Waals surface area contributed by atoms with E-state index in [-0.39, 0.29) is 24.4 Å². The van der Waals surface area contributed by atoms with Gasteiger partial charge in [-0.25, -0.2) is 0 Å². The molecule has 1 aliphatic rings. The number of hydrogen-bond acceptors (Lipinski definition) is 6. The van der Waals surface area contributed by atoms with Crippen LogP contribution in [0, 0.1) is 0 Å². The van der Waals surface area contributed by atoms with Crippen LogP contribution < -0.4 is 27.0 Å². The number of carbonyl (C=O) groups is 2. The van der Waals surface area contributed by atoms with Crippen molar-refractivity contribution in [1.29, 1.82) is 0 Å². The van der Waals surface area contributed by atoms with Crippen LogP contribution in [0.2, 0.25) is 5.02 Å². The highest BCUT2D eigenvalue weighted by molar-refractivity contribution is 6.30. The van der Waals surface area contributed by atoms with Gasteiger partial charge in [-0.1, -0.05) is 30.3 Å². The third kappa shape index (κ3) is 6.50. The van der Waals surface area contributed by atoms with Crippen molar-refractivity contribution in [1.82, 2.24) is 21.3 Å². The number of benzene rings is 1. The molecule has 1 aromatic carbocycles. The number of halogens is 1. The Bertz CT molecular complexity index is 804. The van der Waals surface area contributed by atoms with E-state index < -0.39 is 18.3 Å². The first kappa shape index (κ1) is 21.6. The molecule has 9 heteroatoms. The molecule has 1 aliphatic heterocycles. The van der Waals surface area contributed by atoms with Crippen molar-refractivity contribution in [2.75, 3.05) is 6.54 Å². The number of nitrogens with two attached hydrogens (primary N) is 1. The van der Waals surface area contributed by atoms with Crippen molar-refractivity contribution in [2.24, 2.45) is 5.73 Å². The summed E-state index contributed by atoms with van der Waals surface area (Å²) in [4.78, 5) is 24.3. The lowest BCUT2D eigenvalue weighted by Crippen LogP contribution is -2.48. The number of allylic oxidation sites excluding steroid dienone is 1. The Labute approximate surface area is 168 Å². The minimum absolute atomic E-state index is 0.0423. The maximum atomic E-state index is 12.4. The summed E-state index contributed by atoms with van der Waals surface area (Å²) in [6.45, 7) is 5.65.